The molecule has 4 heteroatoms. The molecular formula is C19H22N2O2. The molecule has 1 heterocycles. The molecule has 1 aromatic carbocycles. The van der Waals surface area contributed by atoms with E-state index >= 15 is 0 Å². The summed E-state index contributed by atoms with van der Waals surface area (Å²) in [6.45, 7) is 6.76. The molecule has 120 valence electrons. The van der Waals surface area contributed by atoms with Crippen LogP contribution in [0.5, 0.6) is 5.75 Å². The second kappa shape index (κ2) is 7.15. The van der Waals surface area contributed by atoms with Crippen LogP contribution in [-0.2, 0) is 13.0 Å². The number of methoxy groups -OCH3 is 1. The van der Waals surface area contributed by atoms with Crippen molar-refractivity contribution in [1.29, 1.82) is 5.26 Å². The van der Waals surface area contributed by atoms with E-state index < -0.39 is 0 Å². The van der Waals surface area contributed by atoms with Crippen LogP contribution in [0.15, 0.2) is 35.1 Å². The first kappa shape index (κ1) is 16.8. The van der Waals surface area contributed by atoms with Gasteiger partial charge in [0, 0.05) is 12.1 Å². The number of nitrogens with zero attached hydrogens (tertiary/aromatic N) is 2. The number of aryl methyl sites for hydroxylation is 1. The smallest absolute Gasteiger partial charge is 0.255 e. The Balaban J connectivity index is 2.62. The maximum atomic E-state index is 12.7. The molecule has 0 saturated heterocycles. The predicted octanol–water partition coefficient (Wildman–Crippen LogP) is 3.55. The van der Waals surface area contributed by atoms with Crippen LogP contribution < -0.4 is 10.3 Å². The van der Waals surface area contributed by atoms with Gasteiger partial charge in [0.1, 0.15) is 5.75 Å². The Labute approximate surface area is 137 Å². The first-order valence-corrected chi connectivity index (χ1v) is 7.72. The summed E-state index contributed by atoms with van der Waals surface area (Å²) in [4.78, 5) is 12.7. The van der Waals surface area contributed by atoms with Gasteiger partial charge in [-0.3, -0.25) is 4.79 Å². The summed E-state index contributed by atoms with van der Waals surface area (Å²) < 4.78 is 7.08. The van der Waals surface area contributed by atoms with Crippen molar-refractivity contribution in [2.24, 2.45) is 5.92 Å². The molecule has 1 aromatic heterocycles. The van der Waals surface area contributed by atoms with Crippen molar-refractivity contribution in [1.82, 2.24) is 4.57 Å². The van der Waals surface area contributed by atoms with Gasteiger partial charge in [-0.05, 0) is 48.2 Å². The molecule has 0 amide bonds. The summed E-state index contributed by atoms with van der Waals surface area (Å²) in [5.41, 5.74) is 3.34. The minimum atomic E-state index is -0.0776. The van der Waals surface area contributed by atoms with Gasteiger partial charge in [0.25, 0.3) is 5.56 Å². The molecule has 2 rings (SSSR count). The highest BCUT2D eigenvalue weighted by Crippen LogP contribution is 2.26. The van der Waals surface area contributed by atoms with Gasteiger partial charge in [-0.15, -0.1) is 0 Å². The Morgan fingerprint density at radius 3 is 2.57 bits per heavy atom. The van der Waals surface area contributed by atoms with Gasteiger partial charge >= 0.3 is 0 Å². The Hall–Kier alpha value is -2.54. The minimum absolute atomic E-state index is 0.0776. The Kier molecular flexibility index (Phi) is 5.23. The van der Waals surface area contributed by atoms with Gasteiger partial charge in [0.05, 0.1) is 25.3 Å². The van der Waals surface area contributed by atoms with Crippen LogP contribution in [-0.4, -0.2) is 11.7 Å². The summed E-state index contributed by atoms with van der Waals surface area (Å²) >= 11 is 0. The summed E-state index contributed by atoms with van der Waals surface area (Å²) in [5, 5.41) is 8.89. The molecule has 0 bridgehead atoms. The number of nitriles is 1. The number of pyridine rings is 1. The molecule has 4 nitrogen and oxygen atoms in total. The number of ether oxygens (including phenoxy) is 1. The van der Waals surface area contributed by atoms with Crippen LogP contribution >= 0.6 is 0 Å². The molecule has 0 radical (unpaired) electrons. The van der Waals surface area contributed by atoms with Crippen LogP contribution in [0.4, 0.5) is 0 Å². The molecule has 0 saturated carbocycles. The Morgan fingerprint density at radius 1 is 1.26 bits per heavy atom. The highest BCUT2D eigenvalue weighted by Gasteiger charge is 2.12. The third kappa shape index (κ3) is 3.62. The molecule has 0 aliphatic rings. The van der Waals surface area contributed by atoms with E-state index in [1.807, 2.05) is 31.2 Å². The lowest BCUT2D eigenvalue weighted by Gasteiger charge is -2.17. The van der Waals surface area contributed by atoms with Gasteiger partial charge in [0.2, 0.25) is 0 Å². The highest BCUT2D eigenvalue weighted by molar-refractivity contribution is 5.63. The topological polar surface area (TPSA) is 55.0 Å². The predicted molar refractivity (Wildman–Crippen MR) is 91.6 cm³/mol. The fourth-order valence-corrected chi connectivity index (χ4v) is 2.68. The average molecular weight is 310 g/mol. The molecule has 0 fully saturated rings. The molecule has 0 aliphatic carbocycles. The van der Waals surface area contributed by atoms with Crippen molar-refractivity contribution in [3.05, 3.63) is 51.8 Å². The molecule has 23 heavy (non-hydrogen) atoms. The third-order valence-corrected chi connectivity index (χ3v) is 3.76. The van der Waals surface area contributed by atoms with Crippen molar-refractivity contribution >= 4 is 0 Å². The summed E-state index contributed by atoms with van der Waals surface area (Å²) in [7, 11) is 1.65. The van der Waals surface area contributed by atoms with E-state index in [1.165, 1.54) is 0 Å². The van der Waals surface area contributed by atoms with Gasteiger partial charge in [-0.1, -0.05) is 19.9 Å². The van der Waals surface area contributed by atoms with E-state index in [1.54, 1.807) is 17.7 Å². The second-order valence-corrected chi connectivity index (χ2v) is 6.07. The van der Waals surface area contributed by atoms with E-state index in [0.717, 1.165) is 22.6 Å². The van der Waals surface area contributed by atoms with Crippen molar-refractivity contribution in [3.8, 4) is 23.1 Å². The fraction of sp³-hybridized carbons (Fsp3) is 0.368. The molecular weight excluding hydrogens is 288 g/mol. The first-order valence-electron chi connectivity index (χ1n) is 7.72. The second-order valence-electron chi connectivity index (χ2n) is 6.07. The maximum absolute atomic E-state index is 12.7. The molecule has 0 spiro atoms. The van der Waals surface area contributed by atoms with E-state index in [-0.39, 0.29) is 12.0 Å². The van der Waals surface area contributed by atoms with Gasteiger partial charge in [-0.2, -0.15) is 5.26 Å². The number of hydrogen-bond acceptors (Lipinski definition) is 3. The summed E-state index contributed by atoms with van der Waals surface area (Å²) in [6, 6.07) is 11.6. The Bertz CT molecular complexity index is 798. The van der Waals surface area contributed by atoms with Crippen molar-refractivity contribution in [2.45, 2.75) is 33.7 Å². The van der Waals surface area contributed by atoms with Crippen molar-refractivity contribution < 1.29 is 4.74 Å². The quantitative estimate of drug-likeness (QED) is 0.848. The number of rotatable bonds is 5. The lowest BCUT2D eigenvalue weighted by molar-refractivity contribution is 0.411. The minimum Gasteiger partial charge on any atom is -0.496 e. The molecule has 0 N–H and O–H groups in total. The van der Waals surface area contributed by atoms with Crippen molar-refractivity contribution in [3.63, 3.8) is 0 Å². The SMILES string of the molecule is COc1ccc(-c2ccc(CC#N)c(=O)n2CC(C)C)cc1C. The van der Waals surface area contributed by atoms with E-state index in [4.69, 9.17) is 10.00 Å². The number of hydrogen-bond donors (Lipinski definition) is 0. The van der Waals surface area contributed by atoms with Crippen LogP contribution in [0, 0.1) is 24.2 Å². The normalized spacial score (nSPS) is 10.6. The lowest BCUT2D eigenvalue weighted by atomic mass is 10.0. The maximum Gasteiger partial charge on any atom is 0.255 e. The van der Waals surface area contributed by atoms with Crippen LogP contribution in [0.3, 0.4) is 0 Å². The average Bonchev–Trinajstić information content (AvgIpc) is 2.51. The Morgan fingerprint density at radius 2 is 2.00 bits per heavy atom. The van der Waals surface area contributed by atoms with E-state index in [0.29, 0.717) is 18.0 Å². The lowest BCUT2D eigenvalue weighted by Crippen LogP contribution is -2.26. The van der Waals surface area contributed by atoms with Gasteiger partial charge in [0.15, 0.2) is 0 Å². The van der Waals surface area contributed by atoms with Gasteiger partial charge in [-0.25, -0.2) is 0 Å². The molecule has 2 aromatic rings. The zero-order valence-electron chi connectivity index (χ0n) is 14.1. The molecule has 0 aliphatic heterocycles. The number of benzene rings is 1. The largest absolute Gasteiger partial charge is 0.496 e. The standard InChI is InChI=1S/C19H22N2O2/c1-13(2)12-21-17(7-5-15(9-10-20)19(21)22)16-6-8-18(23-4)14(3)11-16/h5-8,11,13H,9,12H2,1-4H3. The van der Waals surface area contributed by atoms with Crippen LogP contribution in [0.25, 0.3) is 11.3 Å². The highest BCUT2D eigenvalue weighted by atomic mass is 16.5. The zero-order chi connectivity index (χ0) is 17.0. The first-order chi connectivity index (χ1) is 11.0. The van der Waals surface area contributed by atoms with Crippen molar-refractivity contribution in [2.75, 3.05) is 7.11 Å². The third-order valence-electron chi connectivity index (χ3n) is 3.76. The number of aromatic nitrogens is 1. The van der Waals surface area contributed by atoms with E-state index in [9.17, 15) is 4.79 Å². The fourth-order valence-electron chi connectivity index (χ4n) is 2.68. The molecule has 0 unspecified atom stereocenters. The van der Waals surface area contributed by atoms with Crippen LogP contribution in [0.1, 0.15) is 25.0 Å². The molecule has 0 atom stereocenters. The summed E-state index contributed by atoms with van der Waals surface area (Å²) in [5.74, 6) is 1.16. The van der Waals surface area contributed by atoms with Crippen LogP contribution in [0.2, 0.25) is 0 Å². The van der Waals surface area contributed by atoms with Gasteiger partial charge < -0.3 is 9.30 Å². The monoisotopic (exact) mass is 310 g/mol. The van der Waals surface area contributed by atoms with E-state index in [2.05, 4.69) is 19.9 Å². The summed E-state index contributed by atoms with van der Waals surface area (Å²) in [6.07, 6.45) is 0.138. The zero-order valence-corrected chi connectivity index (χ0v) is 14.1.